The molecule has 0 radical (unpaired) electrons. The van der Waals surface area contributed by atoms with Gasteiger partial charge in [0.2, 0.25) is 0 Å². The fraction of sp³-hybridized carbons (Fsp3) is 0.643. The molecule has 3 heterocycles. The molecule has 21 heavy (non-hydrogen) atoms. The zero-order chi connectivity index (χ0) is 14.8. The molecule has 2 saturated heterocycles. The zero-order valence-corrected chi connectivity index (χ0v) is 11.9. The smallest absolute Gasteiger partial charge is 0.354 e. The van der Waals surface area contributed by atoms with E-state index in [1.807, 2.05) is 0 Å². The van der Waals surface area contributed by atoms with Gasteiger partial charge in [-0.15, -0.1) is 0 Å². The van der Waals surface area contributed by atoms with Crippen molar-refractivity contribution in [2.45, 2.75) is 18.9 Å². The first-order valence-electron chi connectivity index (χ1n) is 7.32. The molecule has 2 fully saturated rings. The molecule has 0 spiro atoms. The normalized spacial score (nSPS) is 26.4. The minimum atomic E-state index is -1.03. The molecule has 114 valence electrons. The molecule has 0 saturated carbocycles. The predicted molar refractivity (Wildman–Crippen MR) is 76.4 cm³/mol. The van der Waals surface area contributed by atoms with Crippen LogP contribution in [0.5, 0.6) is 0 Å². The number of hydrogen-bond acceptors (Lipinski definition) is 6. The minimum Gasteiger partial charge on any atom is -0.477 e. The van der Waals surface area contributed by atoms with Crippen LogP contribution in [0.15, 0.2) is 12.4 Å². The van der Waals surface area contributed by atoms with Crippen molar-refractivity contribution in [3.63, 3.8) is 0 Å². The van der Waals surface area contributed by atoms with Crippen molar-refractivity contribution < 1.29 is 15.0 Å². The van der Waals surface area contributed by atoms with E-state index < -0.39 is 5.97 Å². The van der Waals surface area contributed by atoms with Gasteiger partial charge in [0.05, 0.1) is 0 Å². The third-order valence-corrected chi connectivity index (χ3v) is 4.46. The molecule has 0 aromatic carbocycles. The molecule has 7 nitrogen and oxygen atoms in total. The number of aliphatic hydroxyl groups is 1. The third kappa shape index (κ3) is 2.98. The van der Waals surface area contributed by atoms with Crippen molar-refractivity contribution >= 4 is 11.8 Å². The molecular formula is C14H20N4O3. The van der Waals surface area contributed by atoms with Gasteiger partial charge in [-0.25, -0.2) is 14.8 Å². The highest BCUT2D eigenvalue weighted by Gasteiger charge is 2.33. The van der Waals surface area contributed by atoms with Gasteiger partial charge in [-0.05, 0) is 18.8 Å². The quantitative estimate of drug-likeness (QED) is 0.814. The number of carboxylic acid groups (broad SMARTS) is 1. The fourth-order valence-corrected chi connectivity index (χ4v) is 3.25. The molecule has 2 N–H and O–H groups in total. The Labute approximate surface area is 123 Å². The van der Waals surface area contributed by atoms with E-state index in [-0.39, 0.29) is 12.3 Å². The van der Waals surface area contributed by atoms with Crippen LogP contribution in [0.1, 0.15) is 23.3 Å². The van der Waals surface area contributed by atoms with E-state index in [2.05, 4.69) is 19.8 Å². The number of rotatable bonds is 3. The highest BCUT2D eigenvalue weighted by atomic mass is 16.4. The van der Waals surface area contributed by atoms with Crippen LogP contribution in [0.4, 0.5) is 5.82 Å². The van der Waals surface area contributed by atoms with Crippen LogP contribution in [0, 0.1) is 5.92 Å². The average molecular weight is 292 g/mol. The lowest BCUT2D eigenvalue weighted by Gasteiger charge is -2.46. The largest absolute Gasteiger partial charge is 0.477 e. The van der Waals surface area contributed by atoms with E-state index in [0.717, 1.165) is 39.0 Å². The number of piperazine rings is 1. The maximum Gasteiger partial charge on any atom is 0.354 e. The van der Waals surface area contributed by atoms with Gasteiger partial charge >= 0.3 is 5.97 Å². The highest BCUT2D eigenvalue weighted by molar-refractivity contribution is 5.86. The van der Waals surface area contributed by atoms with E-state index in [9.17, 15) is 9.90 Å². The van der Waals surface area contributed by atoms with Crippen LogP contribution in [0.3, 0.4) is 0 Å². The summed E-state index contributed by atoms with van der Waals surface area (Å²) in [5, 5.41) is 18.3. The van der Waals surface area contributed by atoms with Gasteiger partial charge in [-0.3, -0.25) is 4.90 Å². The number of piperidine rings is 1. The molecule has 2 aliphatic rings. The molecule has 7 heteroatoms. The third-order valence-electron chi connectivity index (χ3n) is 4.46. The Balaban J connectivity index is 1.69. The van der Waals surface area contributed by atoms with Crippen LogP contribution in [-0.2, 0) is 0 Å². The number of nitrogens with zero attached hydrogens (tertiary/aromatic N) is 4. The second-order valence-corrected chi connectivity index (χ2v) is 5.79. The summed E-state index contributed by atoms with van der Waals surface area (Å²) >= 11 is 0. The number of carboxylic acids is 1. The summed E-state index contributed by atoms with van der Waals surface area (Å²) in [6, 6.07) is 2.00. The molecule has 3 rings (SSSR count). The van der Waals surface area contributed by atoms with Crippen LogP contribution in [-0.4, -0.2) is 69.9 Å². The number of fused-ring (bicyclic) bond motifs is 1. The SMILES string of the molecule is O=C(O)c1cc(N2CCN3CC(CO)CCC3C2)ncn1. The van der Waals surface area contributed by atoms with Gasteiger partial charge in [0.15, 0.2) is 5.69 Å². The van der Waals surface area contributed by atoms with Gasteiger partial charge in [-0.2, -0.15) is 0 Å². The Morgan fingerprint density at radius 3 is 2.90 bits per heavy atom. The van der Waals surface area contributed by atoms with E-state index in [0.29, 0.717) is 17.8 Å². The van der Waals surface area contributed by atoms with Crippen LogP contribution >= 0.6 is 0 Å². The van der Waals surface area contributed by atoms with Gasteiger partial charge in [-0.1, -0.05) is 0 Å². The van der Waals surface area contributed by atoms with Crippen molar-refractivity contribution in [3.05, 3.63) is 18.1 Å². The summed E-state index contributed by atoms with van der Waals surface area (Å²) in [6.07, 6.45) is 3.43. The maximum absolute atomic E-state index is 11.0. The van der Waals surface area contributed by atoms with Crippen LogP contribution in [0.2, 0.25) is 0 Å². The molecule has 1 aromatic heterocycles. The standard InChI is InChI=1S/C14H20N4O3/c19-8-10-1-2-11-7-18(4-3-17(11)6-10)13-5-12(14(20)21)15-9-16-13/h5,9-11,19H,1-4,6-8H2,(H,20,21). The summed E-state index contributed by atoms with van der Waals surface area (Å²) in [4.78, 5) is 23.5. The number of aliphatic hydroxyl groups excluding tert-OH is 1. The molecule has 0 aliphatic carbocycles. The van der Waals surface area contributed by atoms with Crippen molar-refractivity contribution in [1.82, 2.24) is 14.9 Å². The summed E-state index contributed by atoms with van der Waals surface area (Å²) in [5.41, 5.74) is 0.0337. The molecule has 1 aromatic rings. The number of carbonyl (C=O) groups is 1. The van der Waals surface area contributed by atoms with Gasteiger partial charge in [0.25, 0.3) is 0 Å². The monoisotopic (exact) mass is 292 g/mol. The van der Waals surface area contributed by atoms with E-state index in [4.69, 9.17) is 5.11 Å². The Morgan fingerprint density at radius 2 is 2.14 bits per heavy atom. The molecule has 2 aliphatic heterocycles. The van der Waals surface area contributed by atoms with Gasteiger partial charge in [0, 0.05) is 44.9 Å². The van der Waals surface area contributed by atoms with E-state index >= 15 is 0 Å². The number of hydrogen-bond donors (Lipinski definition) is 2. The summed E-state index contributed by atoms with van der Waals surface area (Å²) in [5.74, 6) is 0.0533. The lowest BCUT2D eigenvalue weighted by atomic mass is 9.91. The summed E-state index contributed by atoms with van der Waals surface area (Å²) in [7, 11) is 0. The Kier molecular flexibility index (Phi) is 4.03. The van der Waals surface area contributed by atoms with Crippen LogP contribution < -0.4 is 4.90 Å². The zero-order valence-electron chi connectivity index (χ0n) is 11.9. The van der Waals surface area contributed by atoms with Crippen molar-refractivity contribution in [2.24, 2.45) is 5.92 Å². The molecular weight excluding hydrogens is 272 g/mol. The highest BCUT2D eigenvalue weighted by Crippen LogP contribution is 2.26. The van der Waals surface area contributed by atoms with Crippen molar-refractivity contribution in [2.75, 3.05) is 37.7 Å². The summed E-state index contributed by atoms with van der Waals surface area (Å²) < 4.78 is 0. The average Bonchev–Trinajstić information content (AvgIpc) is 2.54. The van der Waals surface area contributed by atoms with Gasteiger partial charge in [0.1, 0.15) is 12.1 Å². The van der Waals surface area contributed by atoms with E-state index in [1.165, 1.54) is 12.4 Å². The minimum absolute atomic E-state index is 0.0337. The predicted octanol–water partition coefficient (Wildman–Crippen LogP) is 0.0677. The first-order chi connectivity index (χ1) is 10.2. The second-order valence-electron chi connectivity index (χ2n) is 5.79. The Bertz CT molecular complexity index is 525. The number of aromatic carboxylic acids is 1. The Hall–Kier alpha value is -1.73. The topological polar surface area (TPSA) is 89.8 Å². The molecule has 2 unspecified atom stereocenters. The maximum atomic E-state index is 11.0. The molecule has 2 atom stereocenters. The molecule has 0 bridgehead atoms. The van der Waals surface area contributed by atoms with Crippen molar-refractivity contribution in [1.29, 1.82) is 0 Å². The fourth-order valence-electron chi connectivity index (χ4n) is 3.25. The lowest BCUT2D eigenvalue weighted by Crippen LogP contribution is -2.57. The lowest BCUT2D eigenvalue weighted by molar-refractivity contribution is 0.0671. The van der Waals surface area contributed by atoms with Gasteiger partial charge < -0.3 is 15.1 Å². The number of anilines is 1. The second kappa shape index (κ2) is 5.95. The Morgan fingerprint density at radius 1 is 1.29 bits per heavy atom. The summed E-state index contributed by atoms with van der Waals surface area (Å²) in [6.45, 7) is 3.83. The van der Waals surface area contributed by atoms with Crippen molar-refractivity contribution in [3.8, 4) is 0 Å². The number of aromatic nitrogens is 2. The first-order valence-corrected chi connectivity index (χ1v) is 7.32. The molecule has 0 amide bonds. The van der Waals surface area contributed by atoms with E-state index in [1.54, 1.807) is 0 Å². The first kappa shape index (κ1) is 14.2. The van der Waals surface area contributed by atoms with Crippen LogP contribution in [0.25, 0.3) is 0 Å².